The summed E-state index contributed by atoms with van der Waals surface area (Å²) >= 11 is 4.42. The number of nitrogens with zero attached hydrogens (tertiary/aromatic N) is 1. The van der Waals surface area contributed by atoms with Crippen molar-refractivity contribution >= 4 is 27.7 Å². The summed E-state index contributed by atoms with van der Waals surface area (Å²) in [6.45, 7) is 0. The van der Waals surface area contributed by atoms with Crippen LogP contribution >= 0.6 is 27.7 Å². The minimum atomic E-state index is -0.352. The predicted molar refractivity (Wildman–Crippen MR) is 69.0 cm³/mol. The van der Waals surface area contributed by atoms with E-state index in [-0.39, 0.29) is 5.82 Å². The number of benzene rings is 1. The van der Waals surface area contributed by atoms with Crippen LogP contribution in [0.3, 0.4) is 0 Å². The van der Waals surface area contributed by atoms with Crippen LogP contribution in [0, 0.1) is 5.82 Å². The standard InChI is InChI=1S/C12H9BrFNOS/c1-16-10-4-2-3-5-11(10)17-12-9(14)6-8(13)7-15-12/h2-7H,1H3. The van der Waals surface area contributed by atoms with Gasteiger partial charge in [0.05, 0.1) is 12.0 Å². The van der Waals surface area contributed by atoms with E-state index in [1.807, 2.05) is 24.3 Å². The Morgan fingerprint density at radius 1 is 1.35 bits per heavy atom. The average Bonchev–Trinajstić information content (AvgIpc) is 2.33. The molecule has 0 saturated carbocycles. The van der Waals surface area contributed by atoms with Gasteiger partial charge in [-0.2, -0.15) is 0 Å². The highest BCUT2D eigenvalue weighted by atomic mass is 79.9. The molecule has 0 fully saturated rings. The van der Waals surface area contributed by atoms with E-state index in [4.69, 9.17) is 4.74 Å². The van der Waals surface area contributed by atoms with Crippen LogP contribution in [-0.4, -0.2) is 12.1 Å². The van der Waals surface area contributed by atoms with Gasteiger partial charge in [0.15, 0.2) is 5.82 Å². The van der Waals surface area contributed by atoms with Gasteiger partial charge in [0.25, 0.3) is 0 Å². The van der Waals surface area contributed by atoms with Crippen molar-refractivity contribution in [3.05, 3.63) is 46.8 Å². The molecule has 0 N–H and O–H groups in total. The Labute approximate surface area is 111 Å². The summed E-state index contributed by atoms with van der Waals surface area (Å²) in [4.78, 5) is 4.87. The van der Waals surface area contributed by atoms with Crippen LogP contribution < -0.4 is 4.74 Å². The van der Waals surface area contributed by atoms with Crippen molar-refractivity contribution in [3.63, 3.8) is 0 Å². The minimum Gasteiger partial charge on any atom is -0.496 e. The van der Waals surface area contributed by atoms with E-state index in [2.05, 4.69) is 20.9 Å². The van der Waals surface area contributed by atoms with Crippen molar-refractivity contribution in [2.75, 3.05) is 7.11 Å². The molecule has 0 amide bonds. The molecule has 0 spiro atoms. The van der Waals surface area contributed by atoms with Gasteiger partial charge in [-0.3, -0.25) is 0 Å². The van der Waals surface area contributed by atoms with E-state index in [9.17, 15) is 4.39 Å². The Balaban J connectivity index is 2.31. The zero-order valence-corrected chi connectivity index (χ0v) is 11.4. The van der Waals surface area contributed by atoms with Gasteiger partial charge in [-0.25, -0.2) is 9.37 Å². The third-order valence-corrected chi connectivity index (χ3v) is 3.53. The molecule has 0 radical (unpaired) electrons. The van der Waals surface area contributed by atoms with Crippen molar-refractivity contribution < 1.29 is 9.13 Å². The normalized spacial score (nSPS) is 10.3. The second-order valence-electron chi connectivity index (χ2n) is 3.19. The van der Waals surface area contributed by atoms with E-state index >= 15 is 0 Å². The highest BCUT2D eigenvalue weighted by molar-refractivity contribution is 9.10. The zero-order chi connectivity index (χ0) is 12.3. The Bertz CT molecular complexity index is 536. The molecule has 0 aliphatic rings. The molecule has 2 rings (SSSR count). The highest BCUT2D eigenvalue weighted by Gasteiger charge is 2.09. The van der Waals surface area contributed by atoms with Crippen molar-refractivity contribution in [3.8, 4) is 5.75 Å². The third-order valence-electron chi connectivity index (χ3n) is 2.05. The molecule has 0 aliphatic carbocycles. The van der Waals surface area contributed by atoms with E-state index in [1.54, 1.807) is 13.3 Å². The van der Waals surface area contributed by atoms with E-state index < -0.39 is 0 Å². The summed E-state index contributed by atoms with van der Waals surface area (Å²) in [5.41, 5.74) is 0. The number of pyridine rings is 1. The maximum atomic E-state index is 13.6. The summed E-state index contributed by atoms with van der Waals surface area (Å²) in [5.74, 6) is 0.358. The molecule has 0 saturated heterocycles. The fourth-order valence-electron chi connectivity index (χ4n) is 1.28. The van der Waals surface area contributed by atoms with Gasteiger partial charge >= 0.3 is 0 Å². The van der Waals surface area contributed by atoms with Gasteiger partial charge in [-0.05, 0) is 34.1 Å². The number of hydrogen-bond acceptors (Lipinski definition) is 3. The van der Waals surface area contributed by atoms with Crippen LogP contribution in [0.1, 0.15) is 0 Å². The quantitative estimate of drug-likeness (QED) is 0.850. The van der Waals surface area contributed by atoms with Crippen LogP contribution in [0.4, 0.5) is 4.39 Å². The number of aromatic nitrogens is 1. The molecule has 0 atom stereocenters. The first-order valence-electron chi connectivity index (χ1n) is 4.82. The summed E-state index contributed by atoms with van der Waals surface area (Å²) in [6.07, 6.45) is 1.57. The molecule has 1 heterocycles. The fraction of sp³-hybridized carbons (Fsp3) is 0.0833. The number of methoxy groups -OCH3 is 1. The first kappa shape index (κ1) is 12.4. The molecule has 0 bridgehead atoms. The summed E-state index contributed by atoms with van der Waals surface area (Å²) in [7, 11) is 1.59. The average molecular weight is 314 g/mol. The SMILES string of the molecule is COc1ccccc1Sc1ncc(Br)cc1F. The summed E-state index contributed by atoms with van der Waals surface area (Å²) in [6, 6.07) is 8.84. The Morgan fingerprint density at radius 2 is 2.12 bits per heavy atom. The lowest BCUT2D eigenvalue weighted by molar-refractivity contribution is 0.405. The molecule has 2 aromatic rings. The van der Waals surface area contributed by atoms with Gasteiger partial charge in [0.1, 0.15) is 10.8 Å². The molecule has 2 nitrogen and oxygen atoms in total. The van der Waals surface area contributed by atoms with Gasteiger partial charge in [0, 0.05) is 10.7 Å². The maximum Gasteiger partial charge on any atom is 0.156 e. The van der Waals surface area contributed by atoms with Crippen LogP contribution in [-0.2, 0) is 0 Å². The lowest BCUT2D eigenvalue weighted by atomic mass is 10.3. The van der Waals surface area contributed by atoms with Crippen LogP contribution in [0.2, 0.25) is 0 Å². The topological polar surface area (TPSA) is 22.1 Å². The lowest BCUT2D eigenvalue weighted by Gasteiger charge is -2.07. The minimum absolute atomic E-state index is 0.331. The van der Waals surface area contributed by atoms with Crippen LogP contribution in [0.25, 0.3) is 0 Å². The van der Waals surface area contributed by atoms with Gasteiger partial charge < -0.3 is 4.74 Å². The second kappa shape index (κ2) is 5.51. The molecule has 1 aromatic heterocycles. The molecule has 1 aromatic carbocycles. The number of rotatable bonds is 3. The van der Waals surface area contributed by atoms with Gasteiger partial charge in [-0.1, -0.05) is 23.9 Å². The Kier molecular flexibility index (Phi) is 4.02. The smallest absolute Gasteiger partial charge is 0.156 e. The maximum absolute atomic E-state index is 13.6. The van der Waals surface area contributed by atoms with E-state index in [1.165, 1.54) is 17.8 Å². The second-order valence-corrected chi connectivity index (χ2v) is 5.14. The predicted octanol–water partition coefficient (Wildman–Crippen LogP) is 4.14. The molecule has 17 heavy (non-hydrogen) atoms. The Hall–Kier alpha value is -1.07. The largest absolute Gasteiger partial charge is 0.496 e. The van der Waals surface area contributed by atoms with E-state index in [0.717, 1.165) is 4.90 Å². The number of para-hydroxylation sites is 1. The highest BCUT2D eigenvalue weighted by Crippen LogP contribution is 2.35. The first-order chi connectivity index (χ1) is 8.20. The van der Waals surface area contributed by atoms with Crippen LogP contribution in [0.15, 0.2) is 50.9 Å². The number of halogens is 2. The Morgan fingerprint density at radius 3 is 2.82 bits per heavy atom. The van der Waals surface area contributed by atoms with Gasteiger partial charge in [0.2, 0.25) is 0 Å². The van der Waals surface area contributed by atoms with Crippen molar-refractivity contribution in [2.45, 2.75) is 9.92 Å². The number of ether oxygens (including phenoxy) is 1. The summed E-state index contributed by atoms with van der Waals surface area (Å²) < 4.78 is 19.4. The first-order valence-corrected chi connectivity index (χ1v) is 6.43. The molecule has 0 aliphatic heterocycles. The number of hydrogen-bond donors (Lipinski definition) is 0. The van der Waals surface area contributed by atoms with Crippen LogP contribution in [0.5, 0.6) is 5.75 Å². The lowest BCUT2D eigenvalue weighted by Crippen LogP contribution is -1.89. The fourth-order valence-corrected chi connectivity index (χ4v) is 2.46. The molecule has 0 unspecified atom stereocenters. The van der Waals surface area contributed by atoms with Crippen molar-refractivity contribution in [1.29, 1.82) is 0 Å². The molecule has 5 heteroatoms. The summed E-state index contributed by atoms with van der Waals surface area (Å²) in [5, 5.41) is 0.331. The van der Waals surface area contributed by atoms with Gasteiger partial charge in [-0.15, -0.1) is 0 Å². The molecular weight excluding hydrogens is 305 g/mol. The molecule has 88 valence electrons. The van der Waals surface area contributed by atoms with Crippen molar-refractivity contribution in [1.82, 2.24) is 4.98 Å². The zero-order valence-electron chi connectivity index (χ0n) is 8.98. The van der Waals surface area contributed by atoms with Crippen molar-refractivity contribution in [2.24, 2.45) is 0 Å². The third kappa shape index (κ3) is 2.98. The van der Waals surface area contributed by atoms with E-state index in [0.29, 0.717) is 15.2 Å². The monoisotopic (exact) mass is 313 g/mol. The molecular formula is C12H9BrFNOS.